The van der Waals surface area contributed by atoms with E-state index in [-0.39, 0.29) is 5.41 Å². The third kappa shape index (κ3) is 5.02. The highest BCUT2D eigenvalue weighted by Gasteiger charge is 2.23. The Kier molecular flexibility index (Phi) is 5.58. The number of aromatic nitrogens is 1. The van der Waals surface area contributed by atoms with E-state index < -0.39 is 0 Å². The van der Waals surface area contributed by atoms with Gasteiger partial charge in [0.2, 0.25) is 0 Å². The van der Waals surface area contributed by atoms with E-state index in [0.717, 1.165) is 44.7 Å². The van der Waals surface area contributed by atoms with Crippen LogP contribution in [0.4, 0.5) is 5.82 Å². The van der Waals surface area contributed by atoms with Crippen LogP contribution in [-0.4, -0.2) is 30.7 Å². The number of nitrogens with zero attached hydrogens (tertiary/aromatic N) is 3. The first-order chi connectivity index (χ1) is 10.1. The molecule has 4 nitrogen and oxygen atoms in total. The van der Waals surface area contributed by atoms with Crippen LogP contribution < -0.4 is 10.2 Å². The molecular weight excluding hydrogens is 260 g/mol. The minimum Gasteiger partial charge on any atom is -0.357 e. The third-order valence-electron chi connectivity index (χ3n) is 4.25. The number of pyridine rings is 1. The second-order valence-corrected chi connectivity index (χ2v) is 6.65. The summed E-state index contributed by atoms with van der Waals surface area (Å²) in [6, 6.07) is 8.92. The summed E-state index contributed by atoms with van der Waals surface area (Å²) in [7, 11) is 0. The number of hydrogen-bond acceptors (Lipinski definition) is 4. The minimum atomic E-state index is 0.202. The summed E-state index contributed by atoms with van der Waals surface area (Å²) in [5, 5.41) is 12.4. The van der Waals surface area contributed by atoms with Gasteiger partial charge in [0.1, 0.15) is 5.82 Å². The maximum atomic E-state index is 8.70. The molecule has 0 atom stereocenters. The highest BCUT2D eigenvalue weighted by Crippen LogP contribution is 2.22. The summed E-state index contributed by atoms with van der Waals surface area (Å²) < 4.78 is 0. The molecule has 1 aromatic rings. The maximum absolute atomic E-state index is 8.70. The molecule has 2 heterocycles. The first-order valence-corrected chi connectivity index (χ1v) is 7.87. The van der Waals surface area contributed by atoms with Crippen molar-refractivity contribution in [3.8, 4) is 6.07 Å². The zero-order valence-electron chi connectivity index (χ0n) is 13.2. The molecule has 0 bridgehead atoms. The molecule has 1 aliphatic rings. The number of piperidine rings is 1. The molecule has 0 radical (unpaired) electrons. The highest BCUT2D eigenvalue weighted by atomic mass is 15.2. The third-order valence-corrected chi connectivity index (χ3v) is 4.25. The molecule has 1 saturated heterocycles. The van der Waals surface area contributed by atoms with Gasteiger partial charge in [-0.05, 0) is 36.8 Å². The van der Waals surface area contributed by atoms with Crippen LogP contribution in [0.3, 0.4) is 0 Å². The van der Waals surface area contributed by atoms with Gasteiger partial charge in [0, 0.05) is 38.3 Å². The number of nitrogens with one attached hydrogen (secondary N) is 1. The van der Waals surface area contributed by atoms with Crippen molar-refractivity contribution in [2.24, 2.45) is 5.41 Å². The lowest BCUT2D eigenvalue weighted by atomic mass is 9.87. The van der Waals surface area contributed by atoms with Crippen molar-refractivity contribution in [2.75, 3.05) is 24.5 Å². The molecule has 0 aromatic carbocycles. The zero-order chi connectivity index (χ0) is 15.1. The Morgan fingerprint density at radius 1 is 1.38 bits per heavy atom. The summed E-state index contributed by atoms with van der Waals surface area (Å²) in [5.41, 5.74) is 0.202. The average molecular weight is 286 g/mol. The van der Waals surface area contributed by atoms with Crippen LogP contribution in [0.1, 0.15) is 39.5 Å². The van der Waals surface area contributed by atoms with E-state index in [1.165, 1.54) is 0 Å². The molecule has 0 aliphatic carbocycles. The molecule has 0 amide bonds. The predicted molar refractivity (Wildman–Crippen MR) is 86.1 cm³/mol. The number of nitriles is 1. The zero-order valence-corrected chi connectivity index (χ0v) is 13.2. The number of anilines is 1. The molecule has 0 spiro atoms. The van der Waals surface area contributed by atoms with Gasteiger partial charge in [-0.15, -0.1) is 0 Å². The van der Waals surface area contributed by atoms with Gasteiger partial charge in [-0.3, -0.25) is 0 Å². The van der Waals surface area contributed by atoms with Crippen LogP contribution in [0.15, 0.2) is 24.4 Å². The Morgan fingerprint density at radius 2 is 2.14 bits per heavy atom. The van der Waals surface area contributed by atoms with Gasteiger partial charge in [0.05, 0.1) is 6.07 Å². The van der Waals surface area contributed by atoms with Crippen LogP contribution in [0.25, 0.3) is 0 Å². The van der Waals surface area contributed by atoms with E-state index in [9.17, 15) is 0 Å². The van der Waals surface area contributed by atoms with Crippen LogP contribution in [0.2, 0.25) is 0 Å². The Morgan fingerprint density at radius 3 is 2.76 bits per heavy atom. The van der Waals surface area contributed by atoms with Crippen molar-refractivity contribution >= 4 is 5.82 Å². The SMILES string of the molecule is CC(C)(CCC#N)CNC1CCN(c2ccccn2)CC1. The largest absolute Gasteiger partial charge is 0.357 e. The summed E-state index contributed by atoms with van der Waals surface area (Å²) in [5.74, 6) is 1.09. The van der Waals surface area contributed by atoms with E-state index in [1.54, 1.807) is 0 Å². The normalized spacial score (nSPS) is 16.7. The molecule has 4 heteroatoms. The van der Waals surface area contributed by atoms with E-state index in [1.807, 2.05) is 18.3 Å². The summed E-state index contributed by atoms with van der Waals surface area (Å²) in [6.07, 6.45) is 5.78. The number of hydrogen-bond donors (Lipinski definition) is 1. The van der Waals surface area contributed by atoms with Crippen molar-refractivity contribution in [2.45, 2.75) is 45.6 Å². The highest BCUT2D eigenvalue weighted by molar-refractivity contribution is 5.38. The first-order valence-electron chi connectivity index (χ1n) is 7.87. The monoisotopic (exact) mass is 286 g/mol. The smallest absolute Gasteiger partial charge is 0.128 e. The fourth-order valence-corrected chi connectivity index (χ4v) is 2.76. The van der Waals surface area contributed by atoms with Gasteiger partial charge < -0.3 is 10.2 Å². The Balaban J connectivity index is 1.73. The molecule has 1 aromatic heterocycles. The van der Waals surface area contributed by atoms with E-state index in [2.05, 4.69) is 41.2 Å². The predicted octanol–water partition coefficient (Wildman–Crippen LogP) is 2.97. The lowest BCUT2D eigenvalue weighted by Crippen LogP contribution is -2.45. The first kappa shape index (κ1) is 15.8. The fourth-order valence-electron chi connectivity index (χ4n) is 2.76. The molecule has 1 fully saturated rings. The fraction of sp³-hybridized carbons (Fsp3) is 0.647. The summed E-state index contributed by atoms with van der Waals surface area (Å²) in [6.45, 7) is 7.59. The maximum Gasteiger partial charge on any atom is 0.128 e. The van der Waals surface area contributed by atoms with Gasteiger partial charge in [-0.1, -0.05) is 19.9 Å². The Labute approximate surface area is 128 Å². The lowest BCUT2D eigenvalue weighted by molar-refractivity contribution is 0.284. The summed E-state index contributed by atoms with van der Waals surface area (Å²) >= 11 is 0. The van der Waals surface area contributed by atoms with Crippen molar-refractivity contribution < 1.29 is 0 Å². The van der Waals surface area contributed by atoms with Crippen LogP contribution >= 0.6 is 0 Å². The van der Waals surface area contributed by atoms with Gasteiger partial charge in [-0.25, -0.2) is 4.98 Å². The van der Waals surface area contributed by atoms with Crippen molar-refractivity contribution in [3.63, 3.8) is 0 Å². The van der Waals surface area contributed by atoms with Gasteiger partial charge >= 0.3 is 0 Å². The molecule has 114 valence electrons. The van der Waals surface area contributed by atoms with Crippen LogP contribution in [0, 0.1) is 16.7 Å². The van der Waals surface area contributed by atoms with Crippen molar-refractivity contribution in [1.29, 1.82) is 5.26 Å². The van der Waals surface area contributed by atoms with Gasteiger partial charge in [0.25, 0.3) is 0 Å². The molecule has 21 heavy (non-hydrogen) atoms. The van der Waals surface area contributed by atoms with Crippen LogP contribution in [-0.2, 0) is 0 Å². The van der Waals surface area contributed by atoms with Crippen molar-refractivity contribution in [3.05, 3.63) is 24.4 Å². The van der Waals surface area contributed by atoms with E-state index >= 15 is 0 Å². The van der Waals surface area contributed by atoms with E-state index in [4.69, 9.17) is 5.26 Å². The van der Waals surface area contributed by atoms with E-state index in [0.29, 0.717) is 12.5 Å². The molecule has 1 N–H and O–H groups in total. The van der Waals surface area contributed by atoms with Crippen molar-refractivity contribution in [1.82, 2.24) is 10.3 Å². The topological polar surface area (TPSA) is 52.0 Å². The molecule has 1 aliphatic heterocycles. The second kappa shape index (κ2) is 7.42. The lowest BCUT2D eigenvalue weighted by Gasteiger charge is -2.35. The van der Waals surface area contributed by atoms with Gasteiger partial charge in [0.15, 0.2) is 0 Å². The molecule has 2 rings (SSSR count). The molecular formula is C17H26N4. The standard InChI is InChI=1S/C17H26N4/c1-17(2,9-5-10-18)14-20-15-7-12-21(13-8-15)16-6-3-4-11-19-16/h3-4,6,11,15,20H,5,7-9,12-14H2,1-2H3. The average Bonchev–Trinajstić information content (AvgIpc) is 2.53. The Hall–Kier alpha value is -1.60. The van der Waals surface area contributed by atoms with Gasteiger partial charge in [-0.2, -0.15) is 5.26 Å². The second-order valence-electron chi connectivity index (χ2n) is 6.65. The summed E-state index contributed by atoms with van der Waals surface area (Å²) in [4.78, 5) is 6.78. The van der Waals surface area contributed by atoms with Crippen LogP contribution in [0.5, 0.6) is 0 Å². The quantitative estimate of drug-likeness (QED) is 0.873. The minimum absolute atomic E-state index is 0.202. The molecule has 0 saturated carbocycles. The Bertz CT molecular complexity index is 455. The number of rotatable bonds is 6. The molecule has 0 unspecified atom stereocenters.